The Morgan fingerprint density at radius 3 is 2.73 bits per heavy atom. The van der Waals surface area contributed by atoms with Crippen LogP contribution in [0.25, 0.3) is 5.65 Å². The zero-order chi connectivity index (χ0) is 20.7. The summed E-state index contributed by atoms with van der Waals surface area (Å²) in [7, 11) is 0. The third kappa shape index (κ3) is 3.35. The number of nitrogens with zero attached hydrogens (tertiary/aromatic N) is 4. The summed E-state index contributed by atoms with van der Waals surface area (Å²) < 4.78 is 7.62. The van der Waals surface area contributed by atoms with Crippen LogP contribution < -0.4 is 0 Å². The average molecular weight is 404 g/mol. The van der Waals surface area contributed by atoms with E-state index in [2.05, 4.69) is 17.1 Å². The van der Waals surface area contributed by atoms with Gasteiger partial charge in [-0.25, -0.2) is 4.98 Å². The van der Waals surface area contributed by atoms with Crippen molar-refractivity contribution in [3.63, 3.8) is 0 Å². The molecule has 0 saturated carbocycles. The minimum absolute atomic E-state index is 0.0483. The van der Waals surface area contributed by atoms with Crippen LogP contribution in [-0.4, -0.2) is 63.3 Å². The van der Waals surface area contributed by atoms with Crippen molar-refractivity contribution >= 4 is 17.5 Å². The van der Waals surface area contributed by atoms with Crippen molar-refractivity contribution in [2.24, 2.45) is 0 Å². The standard InChI is InChI=1S/C23H24N4O3/c1-16-5-4-9-25-14-19(24-21(16)25)22(28)27-11-12-30-20(15-27)23(29)26-10-8-17-6-2-3-7-18(17)13-26/h2-7,9,14,20H,8,10-13,15H2,1H3. The van der Waals surface area contributed by atoms with Gasteiger partial charge in [0, 0.05) is 32.0 Å². The van der Waals surface area contributed by atoms with Gasteiger partial charge in [-0.2, -0.15) is 0 Å². The SMILES string of the molecule is Cc1cccn2cc(C(=O)N3CCOC(C(=O)N4CCc5ccccc5C4)C3)nc12. The normalized spacial score (nSPS) is 19.0. The summed E-state index contributed by atoms with van der Waals surface area (Å²) in [6.07, 6.45) is 3.84. The van der Waals surface area contributed by atoms with Gasteiger partial charge >= 0.3 is 0 Å². The van der Waals surface area contributed by atoms with E-state index < -0.39 is 6.10 Å². The molecule has 1 aromatic carbocycles. The Bertz CT molecular complexity index is 1120. The van der Waals surface area contributed by atoms with Gasteiger partial charge in [-0.3, -0.25) is 9.59 Å². The van der Waals surface area contributed by atoms with E-state index in [0.29, 0.717) is 31.9 Å². The molecular weight excluding hydrogens is 380 g/mol. The number of amides is 2. The Morgan fingerprint density at radius 2 is 1.90 bits per heavy atom. The first kappa shape index (κ1) is 18.8. The van der Waals surface area contributed by atoms with Gasteiger partial charge in [0.2, 0.25) is 0 Å². The number of pyridine rings is 1. The molecule has 4 heterocycles. The van der Waals surface area contributed by atoms with Gasteiger partial charge in [0.25, 0.3) is 11.8 Å². The van der Waals surface area contributed by atoms with Crippen molar-refractivity contribution in [3.05, 3.63) is 71.2 Å². The summed E-state index contributed by atoms with van der Waals surface area (Å²) in [4.78, 5) is 34.2. The van der Waals surface area contributed by atoms with Crippen molar-refractivity contribution in [1.82, 2.24) is 19.2 Å². The number of aromatic nitrogens is 2. The lowest BCUT2D eigenvalue weighted by molar-refractivity contribution is -0.149. The number of rotatable bonds is 2. The molecule has 1 unspecified atom stereocenters. The monoisotopic (exact) mass is 404 g/mol. The van der Waals surface area contributed by atoms with Crippen molar-refractivity contribution in [2.45, 2.75) is 26.0 Å². The first-order valence-corrected chi connectivity index (χ1v) is 10.3. The predicted molar refractivity (Wildman–Crippen MR) is 111 cm³/mol. The van der Waals surface area contributed by atoms with E-state index in [1.807, 2.05) is 46.7 Å². The first-order chi connectivity index (χ1) is 14.6. The third-order valence-electron chi connectivity index (χ3n) is 5.97. The molecular formula is C23H24N4O3. The molecule has 7 heteroatoms. The van der Waals surface area contributed by atoms with Crippen LogP contribution in [0, 0.1) is 6.92 Å². The van der Waals surface area contributed by atoms with Gasteiger partial charge in [0.15, 0.2) is 6.10 Å². The Kier molecular flexibility index (Phi) is 4.75. The molecule has 30 heavy (non-hydrogen) atoms. The molecule has 1 fully saturated rings. The molecule has 1 atom stereocenters. The summed E-state index contributed by atoms with van der Waals surface area (Å²) in [6, 6.07) is 12.1. The van der Waals surface area contributed by atoms with Crippen LogP contribution in [0.4, 0.5) is 0 Å². The maximum Gasteiger partial charge on any atom is 0.274 e. The molecule has 154 valence electrons. The number of benzene rings is 1. The largest absolute Gasteiger partial charge is 0.365 e. The molecule has 3 aromatic rings. The first-order valence-electron chi connectivity index (χ1n) is 10.3. The maximum atomic E-state index is 13.1. The summed E-state index contributed by atoms with van der Waals surface area (Å²) in [5.74, 6) is -0.212. The maximum absolute atomic E-state index is 13.1. The minimum atomic E-state index is -0.633. The second-order valence-electron chi connectivity index (χ2n) is 7.94. The van der Waals surface area contributed by atoms with E-state index in [1.165, 1.54) is 11.1 Å². The quantitative estimate of drug-likeness (QED) is 0.656. The van der Waals surface area contributed by atoms with Crippen LogP contribution in [0.3, 0.4) is 0 Å². The number of ether oxygens (including phenoxy) is 1. The molecule has 7 nitrogen and oxygen atoms in total. The summed E-state index contributed by atoms with van der Waals surface area (Å²) >= 11 is 0. The summed E-state index contributed by atoms with van der Waals surface area (Å²) in [6.45, 7) is 4.29. The molecule has 0 radical (unpaired) electrons. The van der Waals surface area contributed by atoms with Crippen molar-refractivity contribution in [2.75, 3.05) is 26.2 Å². The fourth-order valence-corrected chi connectivity index (χ4v) is 4.29. The van der Waals surface area contributed by atoms with Crippen LogP contribution in [0.15, 0.2) is 48.8 Å². The lowest BCUT2D eigenvalue weighted by Gasteiger charge is -2.36. The molecule has 0 aliphatic carbocycles. The highest BCUT2D eigenvalue weighted by molar-refractivity contribution is 5.93. The highest BCUT2D eigenvalue weighted by atomic mass is 16.5. The van der Waals surface area contributed by atoms with Crippen LogP contribution in [0.2, 0.25) is 0 Å². The molecule has 0 spiro atoms. The third-order valence-corrected chi connectivity index (χ3v) is 5.97. The molecule has 1 saturated heterocycles. The predicted octanol–water partition coefficient (Wildman–Crippen LogP) is 2.07. The van der Waals surface area contributed by atoms with Gasteiger partial charge in [0.05, 0.1) is 13.2 Å². The van der Waals surface area contributed by atoms with Gasteiger partial charge in [-0.1, -0.05) is 30.3 Å². The highest BCUT2D eigenvalue weighted by Gasteiger charge is 2.34. The van der Waals surface area contributed by atoms with Gasteiger partial charge in [-0.15, -0.1) is 0 Å². The van der Waals surface area contributed by atoms with E-state index >= 15 is 0 Å². The van der Waals surface area contributed by atoms with Crippen molar-refractivity contribution in [1.29, 1.82) is 0 Å². The van der Waals surface area contributed by atoms with E-state index in [-0.39, 0.29) is 18.4 Å². The molecule has 2 aromatic heterocycles. The van der Waals surface area contributed by atoms with Crippen molar-refractivity contribution in [3.8, 4) is 0 Å². The average Bonchev–Trinajstić information content (AvgIpc) is 3.23. The van der Waals surface area contributed by atoms with Crippen LogP contribution in [-0.2, 0) is 22.5 Å². The Morgan fingerprint density at radius 1 is 1.07 bits per heavy atom. The van der Waals surface area contributed by atoms with E-state index in [4.69, 9.17) is 4.74 Å². The number of morpholine rings is 1. The van der Waals surface area contributed by atoms with E-state index in [0.717, 1.165) is 17.6 Å². The number of aryl methyl sites for hydroxylation is 1. The highest BCUT2D eigenvalue weighted by Crippen LogP contribution is 2.21. The fourth-order valence-electron chi connectivity index (χ4n) is 4.29. The smallest absolute Gasteiger partial charge is 0.274 e. The van der Waals surface area contributed by atoms with E-state index in [1.54, 1.807) is 11.1 Å². The topological polar surface area (TPSA) is 67.2 Å². The second kappa shape index (κ2) is 7.57. The number of imidazole rings is 1. The van der Waals surface area contributed by atoms with Gasteiger partial charge in [-0.05, 0) is 36.1 Å². The number of hydrogen-bond acceptors (Lipinski definition) is 4. The Labute approximate surface area is 174 Å². The molecule has 2 amide bonds. The van der Waals surface area contributed by atoms with Gasteiger partial charge in [0.1, 0.15) is 11.3 Å². The lowest BCUT2D eigenvalue weighted by Crippen LogP contribution is -2.53. The molecule has 5 rings (SSSR count). The zero-order valence-corrected chi connectivity index (χ0v) is 17.0. The number of fused-ring (bicyclic) bond motifs is 2. The number of carbonyl (C=O) groups excluding carboxylic acids is 2. The molecule has 2 aliphatic rings. The second-order valence-corrected chi connectivity index (χ2v) is 7.94. The molecule has 2 aliphatic heterocycles. The molecule has 0 bridgehead atoms. The summed E-state index contributed by atoms with van der Waals surface area (Å²) in [5.41, 5.74) is 4.65. The minimum Gasteiger partial charge on any atom is -0.365 e. The lowest BCUT2D eigenvalue weighted by atomic mass is 9.99. The summed E-state index contributed by atoms with van der Waals surface area (Å²) in [5, 5.41) is 0. The molecule has 0 N–H and O–H groups in total. The Hall–Kier alpha value is -3.19. The zero-order valence-electron chi connectivity index (χ0n) is 17.0. The van der Waals surface area contributed by atoms with Crippen molar-refractivity contribution < 1.29 is 14.3 Å². The van der Waals surface area contributed by atoms with Crippen LogP contribution in [0.1, 0.15) is 27.2 Å². The Balaban J connectivity index is 1.30. The number of carbonyl (C=O) groups is 2. The fraction of sp³-hybridized carbons (Fsp3) is 0.348. The van der Waals surface area contributed by atoms with Gasteiger partial charge < -0.3 is 18.9 Å². The van der Waals surface area contributed by atoms with E-state index in [9.17, 15) is 9.59 Å². The van der Waals surface area contributed by atoms with Crippen LogP contribution in [0.5, 0.6) is 0 Å². The van der Waals surface area contributed by atoms with Crippen LogP contribution >= 0.6 is 0 Å². The number of hydrogen-bond donors (Lipinski definition) is 0.